The molecular weight excluding hydrogens is 271 g/mol. The zero-order chi connectivity index (χ0) is 13.8. The van der Waals surface area contributed by atoms with Crippen LogP contribution in [0.15, 0.2) is 42.5 Å². The number of esters is 1. The SMILES string of the molecule is O=Cc1cc(Cl)ccc1OC(=O)c1ccccc1F. The number of aldehydes is 1. The van der Waals surface area contributed by atoms with Crippen LogP contribution in [0.5, 0.6) is 5.75 Å². The number of hydrogen-bond acceptors (Lipinski definition) is 3. The maximum absolute atomic E-state index is 13.4. The van der Waals surface area contributed by atoms with Gasteiger partial charge in [0.2, 0.25) is 0 Å². The number of benzene rings is 2. The Morgan fingerprint density at radius 3 is 2.63 bits per heavy atom. The summed E-state index contributed by atoms with van der Waals surface area (Å²) in [4.78, 5) is 22.6. The fourth-order valence-electron chi connectivity index (χ4n) is 1.49. The molecule has 2 aromatic carbocycles. The largest absolute Gasteiger partial charge is 0.422 e. The third kappa shape index (κ3) is 2.98. The van der Waals surface area contributed by atoms with Crippen LogP contribution >= 0.6 is 11.6 Å². The number of rotatable bonds is 3. The van der Waals surface area contributed by atoms with Crippen molar-refractivity contribution < 1.29 is 18.7 Å². The van der Waals surface area contributed by atoms with E-state index >= 15 is 0 Å². The van der Waals surface area contributed by atoms with E-state index in [9.17, 15) is 14.0 Å². The molecule has 19 heavy (non-hydrogen) atoms. The summed E-state index contributed by atoms with van der Waals surface area (Å²) in [7, 11) is 0. The molecular formula is C14H8ClFO3. The van der Waals surface area contributed by atoms with Crippen LogP contribution in [0.4, 0.5) is 4.39 Å². The molecule has 0 saturated heterocycles. The van der Waals surface area contributed by atoms with Crippen molar-refractivity contribution in [2.75, 3.05) is 0 Å². The summed E-state index contributed by atoms with van der Waals surface area (Å²) in [5.41, 5.74) is -0.0773. The van der Waals surface area contributed by atoms with Crippen LogP contribution in [-0.2, 0) is 0 Å². The van der Waals surface area contributed by atoms with Crippen LogP contribution in [0, 0.1) is 5.82 Å². The molecule has 0 amide bonds. The minimum Gasteiger partial charge on any atom is -0.422 e. The van der Waals surface area contributed by atoms with Crippen molar-refractivity contribution in [3.05, 3.63) is 64.4 Å². The number of halogens is 2. The molecule has 0 aliphatic heterocycles. The van der Waals surface area contributed by atoms with E-state index < -0.39 is 11.8 Å². The average molecular weight is 279 g/mol. The molecule has 0 N–H and O–H groups in total. The van der Waals surface area contributed by atoms with Gasteiger partial charge in [-0.25, -0.2) is 9.18 Å². The summed E-state index contributed by atoms with van der Waals surface area (Å²) in [6, 6.07) is 9.64. The average Bonchev–Trinajstić information content (AvgIpc) is 2.41. The predicted molar refractivity (Wildman–Crippen MR) is 68.2 cm³/mol. The minimum absolute atomic E-state index is 0.0349. The summed E-state index contributed by atoms with van der Waals surface area (Å²) in [5.74, 6) is -1.52. The summed E-state index contributed by atoms with van der Waals surface area (Å²) in [5, 5.41) is 0.341. The monoisotopic (exact) mass is 278 g/mol. The van der Waals surface area contributed by atoms with Gasteiger partial charge in [0, 0.05) is 5.02 Å². The van der Waals surface area contributed by atoms with Crippen LogP contribution in [0.1, 0.15) is 20.7 Å². The third-order valence-electron chi connectivity index (χ3n) is 2.40. The smallest absolute Gasteiger partial charge is 0.346 e. The van der Waals surface area contributed by atoms with E-state index in [0.29, 0.717) is 11.3 Å². The van der Waals surface area contributed by atoms with E-state index in [1.54, 1.807) is 0 Å². The molecule has 0 heterocycles. The number of carbonyl (C=O) groups excluding carboxylic acids is 2. The quantitative estimate of drug-likeness (QED) is 0.490. The van der Waals surface area contributed by atoms with E-state index in [1.165, 1.54) is 36.4 Å². The van der Waals surface area contributed by atoms with Gasteiger partial charge in [-0.3, -0.25) is 4.79 Å². The van der Waals surface area contributed by atoms with Crippen LogP contribution in [0.3, 0.4) is 0 Å². The Kier molecular flexibility index (Phi) is 3.92. The Labute approximate surface area is 113 Å². The van der Waals surface area contributed by atoms with Gasteiger partial charge in [0.15, 0.2) is 6.29 Å². The number of carbonyl (C=O) groups is 2. The van der Waals surface area contributed by atoms with Crippen LogP contribution in [0.25, 0.3) is 0 Å². The molecule has 5 heteroatoms. The standard InChI is InChI=1S/C14H8ClFO3/c15-10-5-6-13(9(7-10)8-17)19-14(18)11-3-1-2-4-12(11)16/h1-8H. The molecule has 0 atom stereocenters. The molecule has 2 aromatic rings. The van der Waals surface area contributed by atoms with E-state index in [-0.39, 0.29) is 16.9 Å². The first-order valence-electron chi connectivity index (χ1n) is 5.33. The minimum atomic E-state index is -0.872. The molecule has 3 nitrogen and oxygen atoms in total. The topological polar surface area (TPSA) is 43.4 Å². The lowest BCUT2D eigenvalue weighted by Gasteiger charge is -2.07. The first-order chi connectivity index (χ1) is 9.11. The lowest BCUT2D eigenvalue weighted by Crippen LogP contribution is -2.11. The van der Waals surface area contributed by atoms with Crippen LogP contribution in [-0.4, -0.2) is 12.3 Å². The molecule has 0 spiro atoms. The van der Waals surface area contributed by atoms with Crippen molar-refractivity contribution in [2.24, 2.45) is 0 Å². The molecule has 0 radical (unpaired) electrons. The molecule has 0 fully saturated rings. The van der Waals surface area contributed by atoms with Crippen molar-refractivity contribution in [3.8, 4) is 5.75 Å². The van der Waals surface area contributed by atoms with E-state index in [0.717, 1.165) is 6.07 Å². The van der Waals surface area contributed by atoms with Crippen molar-refractivity contribution >= 4 is 23.9 Å². The van der Waals surface area contributed by atoms with Crippen LogP contribution < -0.4 is 4.74 Å². The molecule has 0 aliphatic rings. The van der Waals surface area contributed by atoms with Gasteiger partial charge < -0.3 is 4.74 Å². The number of ether oxygens (including phenoxy) is 1. The highest BCUT2D eigenvalue weighted by Crippen LogP contribution is 2.22. The second kappa shape index (κ2) is 5.63. The molecule has 0 bridgehead atoms. The van der Waals surface area contributed by atoms with Crippen molar-refractivity contribution in [2.45, 2.75) is 0 Å². The summed E-state index contributed by atoms with van der Waals surface area (Å²) in [6.45, 7) is 0. The van der Waals surface area contributed by atoms with E-state index in [2.05, 4.69) is 0 Å². The van der Waals surface area contributed by atoms with E-state index in [4.69, 9.17) is 16.3 Å². The highest BCUT2D eigenvalue weighted by Gasteiger charge is 2.15. The first kappa shape index (κ1) is 13.2. The van der Waals surface area contributed by atoms with Crippen LogP contribution in [0.2, 0.25) is 5.02 Å². The molecule has 96 valence electrons. The second-order valence-corrected chi connectivity index (χ2v) is 4.11. The number of hydrogen-bond donors (Lipinski definition) is 0. The van der Waals surface area contributed by atoms with Gasteiger partial charge in [-0.15, -0.1) is 0 Å². The highest BCUT2D eigenvalue weighted by atomic mass is 35.5. The van der Waals surface area contributed by atoms with Gasteiger partial charge in [-0.1, -0.05) is 23.7 Å². The van der Waals surface area contributed by atoms with E-state index in [1.807, 2.05) is 0 Å². The Bertz CT molecular complexity index is 640. The second-order valence-electron chi connectivity index (χ2n) is 3.67. The van der Waals surface area contributed by atoms with Gasteiger partial charge in [0.05, 0.1) is 11.1 Å². The molecule has 0 saturated carbocycles. The lowest BCUT2D eigenvalue weighted by molar-refractivity contribution is 0.0728. The predicted octanol–water partition coefficient (Wildman–Crippen LogP) is 3.51. The van der Waals surface area contributed by atoms with Gasteiger partial charge in [-0.2, -0.15) is 0 Å². The molecule has 0 aliphatic carbocycles. The third-order valence-corrected chi connectivity index (χ3v) is 2.63. The van der Waals surface area contributed by atoms with Gasteiger partial charge in [-0.05, 0) is 30.3 Å². The Morgan fingerprint density at radius 2 is 1.95 bits per heavy atom. The Hall–Kier alpha value is -2.20. The maximum atomic E-state index is 13.4. The fraction of sp³-hybridized carbons (Fsp3) is 0. The zero-order valence-corrected chi connectivity index (χ0v) is 10.4. The molecule has 2 rings (SSSR count). The Morgan fingerprint density at radius 1 is 1.21 bits per heavy atom. The molecule has 0 unspecified atom stereocenters. The Balaban J connectivity index is 2.29. The fourth-order valence-corrected chi connectivity index (χ4v) is 1.67. The normalized spacial score (nSPS) is 10.0. The highest BCUT2D eigenvalue weighted by molar-refractivity contribution is 6.30. The van der Waals surface area contributed by atoms with Gasteiger partial charge in [0.1, 0.15) is 11.6 Å². The van der Waals surface area contributed by atoms with Crippen molar-refractivity contribution in [1.82, 2.24) is 0 Å². The summed E-state index contributed by atoms with van der Waals surface area (Å²) >= 11 is 5.71. The van der Waals surface area contributed by atoms with Gasteiger partial charge in [0.25, 0.3) is 0 Å². The van der Waals surface area contributed by atoms with Crippen molar-refractivity contribution in [3.63, 3.8) is 0 Å². The van der Waals surface area contributed by atoms with Gasteiger partial charge >= 0.3 is 5.97 Å². The van der Waals surface area contributed by atoms with Crippen molar-refractivity contribution in [1.29, 1.82) is 0 Å². The maximum Gasteiger partial charge on any atom is 0.346 e. The summed E-state index contributed by atoms with van der Waals surface area (Å²) in [6.07, 6.45) is 0.510. The lowest BCUT2D eigenvalue weighted by atomic mass is 10.2. The zero-order valence-electron chi connectivity index (χ0n) is 9.60. The first-order valence-corrected chi connectivity index (χ1v) is 5.71. The molecule has 0 aromatic heterocycles. The summed E-state index contributed by atoms with van der Waals surface area (Å²) < 4.78 is 18.4.